The Morgan fingerprint density at radius 2 is 2.06 bits per heavy atom. The van der Waals surface area contributed by atoms with E-state index in [0.29, 0.717) is 0 Å². The smallest absolute Gasteiger partial charge is 0.183 e. The van der Waals surface area contributed by atoms with E-state index in [0.717, 1.165) is 20.9 Å². The highest BCUT2D eigenvalue weighted by Crippen LogP contribution is 2.32. The van der Waals surface area contributed by atoms with Gasteiger partial charge in [-0.3, -0.25) is 0 Å². The average Bonchev–Trinajstić information content (AvgIpc) is 2.63. The van der Waals surface area contributed by atoms with Crippen molar-refractivity contribution >= 4 is 32.4 Å². The lowest BCUT2D eigenvalue weighted by atomic mass is 10.1. The van der Waals surface area contributed by atoms with Crippen LogP contribution < -0.4 is 5.32 Å². The van der Waals surface area contributed by atoms with Crippen LogP contribution in [0.5, 0.6) is 0 Å². The van der Waals surface area contributed by atoms with Gasteiger partial charge in [0.25, 0.3) is 0 Å². The Morgan fingerprint density at radius 1 is 1.33 bits per heavy atom. The monoisotopic (exact) mass is 328 g/mol. The van der Waals surface area contributed by atoms with Crippen molar-refractivity contribution in [3.63, 3.8) is 0 Å². The fourth-order valence-corrected chi connectivity index (χ4v) is 2.95. The third kappa shape index (κ3) is 3.29. The van der Waals surface area contributed by atoms with Crippen LogP contribution in [0.3, 0.4) is 0 Å². The predicted molar refractivity (Wildman–Crippen MR) is 78.6 cm³/mol. The highest BCUT2D eigenvalue weighted by molar-refractivity contribution is 9.10. The molecule has 0 bridgehead atoms. The van der Waals surface area contributed by atoms with E-state index < -0.39 is 0 Å². The van der Waals surface area contributed by atoms with Gasteiger partial charge in [-0.25, -0.2) is 9.37 Å². The number of nitrogens with one attached hydrogen (secondary N) is 1. The molecule has 0 aliphatic rings. The Labute approximate surface area is 118 Å². The van der Waals surface area contributed by atoms with Crippen LogP contribution in [0.15, 0.2) is 28.1 Å². The first-order valence-electron chi connectivity index (χ1n) is 5.54. The minimum absolute atomic E-state index is 0.0187. The van der Waals surface area contributed by atoms with E-state index in [4.69, 9.17) is 0 Å². The van der Waals surface area contributed by atoms with Crippen molar-refractivity contribution in [2.24, 2.45) is 0 Å². The Hall–Kier alpha value is -0.940. The van der Waals surface area contributed by atoms with Crippen molar-refractivity contribution in [1.82, 2.24) is 4.98 Å². The molecule has 1 aromatic carbocycles. The molecule has 0 saturated carbocycles. The van der Waals surface area contributed by atoms with Gasteiger partial charge in [-0.1, -0.05) is 0 Å². The lowest BCUT2D eigenvalue weighted by Crippen LogP contribution is -2.25. The van der Waals surface area contributed by atoms with Gasteiger partial charge in [-0.05, 0) is 54.9 Å². The van der Waals surface area contributed by atoms with Crippen molar-refractivity contribution < 1.29 is 4.39 Å². The maximum absolute atomic E-state index is 13.0. The molecule has 0 saturated heterocycles. The van der Waals surface area contributed by atoms with Crippen molar-refractivity contribution in [3.8, 4) is 11.3 Å². The van der Waals surface area contributed by atoms with E-state index >= 15 is 0 Å². The molecular formula is C13H14BrFN2S. The summed E-state index contributed by atoms with van der Waals surface area (Å²) >= 11 is 4.91. The lowest BCUT2D eigenvalue weighted by molar-refractivity contribution is 0.627. The molecule has 5 heteroatoms. The Kier molecular flexibility index (Phi) is 3.73. The highest BCUT2D eigenvalue weighted by atomic mass is 79.9. The first-order valence-corrected chi connectivity index (χ1v) is 7.21. The van der Waals surface area contributed by atoms with E-state index in [1.807, 2.05) is 5.38 Å². The van der Waals surface area contributed by atoms with Crippen LogP contribution in [-0.4, -0.2) is 10.5 Å². The van der Waals surface area contributed by atoms with Gasteiger partial charge >= 0.3 is 0 Å². The number of hydrogen-bond donors (Lipinski definition) is 1. The fraction of sp³-hybridized carbons (Fsp3) is 0.308. The number of benzene rings is 1. The van der Waals surface area contributed by atoms with Crippen molar-refractivity contribution in [2.45, 2.75) is 26.3 Å². The van der Waals surface area contributed by atoms with Crippen LogP contribution in [0, 0.1) is 5.82 Å². The van der Waals surface area contributed by atoms with E-state index in [1.54, 1.807) is 17.4 Å². The number of anilines is 1. The lowest BCUT2D eigenvalue weighted by Gasteiger charge is -2.19. The third-order valence-electron chi connectivity index (χ3n) is 2.19. The molecule has 1 heterocycles. The van der Waals surface area contributed by atoms with Crippen LogP contribution in [0.4, 0.5) is 9.52 Å². The molecule has 18 heavy (non-hydrogen) atoms. The molecule has 0 unspecified atom stereocenters. The number of halogens is 2. The van der Waals surface area contributed by atoms with E-state index in [-0.39, 0.29) is 11.4 Å². The Morgan fingerprint density at radius 3 is 2.67 bits per heavy atom. The van der Waals surface area contributed by atoms with Crippen LogP contribution >= 0.6 is 27.3 Å². The van der Waals surface area contributed by atoms with Gasteiger partial charge in [0.2, 0.25) is 0 Å². The summed E-state index contributed by atoms with van der Waals surface area (Å²) in [5, 5.41) is 6.15. The number of rotatable bonds is 2. The maximum atomic E-state index is 13.0. The first-order chi connectivity index (χ1) is 8.35. The average molecular weight is 329 g/mol. The summed E-state index contributed by atoms with van der Waals surface area (Å²) in [7, 11) is 0. The topological polar surface area (TPSA) is 24.9 Å². The summed E-state index contributed by atoms with van der Waals surface area (Å²) in [5.41, 5.74) is 1.73. The van der Waals surface area contributed by atoms with E-state index in [2.05, 4.69) is 47.0 Å². The minimum Gasteiger partial charge on any atom is -0.357 e. The van der Waals surface area contributed by atoms with Crippen LogP contribution in [0.25, 0.3) is 11.3 Å². The van der Waals surface area contributed by atoms with Gasteiger partial charge < -0.3 is 5.32 Å². The molecule has 0 spiro atoms. The summed E-state index contributed by atoms with van der Waals surface area (Å²) < 4.78 is 13.7. The molecule has 1 N–H and O–H groups in total. The quantitative estimate of drug-likeness (QED) is 0.846. The second-order valence-electron chi connectivity index (χ2n) is 5.04. The van der Waals surface area contributed by atoms with Crippen LogP contribution in [0.2, 0.25) is 0 Å². The first kappa shape index (κ1) is 13.5. The minimum atomic E-state index is -0.256. The molecule has 2 aromatic rings. The molecule has 0 fully saturated rings. The summed E-state index contributed by atoms with van der Waals surface area (Å²) in [6, 6.07) is 4.62. The molecule has 2 rings (SSSR count). The molecule has 0 amide bonds. The summed E-state index contributed by atoms with van der Waals surface area (Å²) in [6.45, 7) is 6.26. The maximum Gasteiger partial charge on any atom is 0.183 e. The zero-order valence-electron chi connectivity index (χ0n) is 10.4. The molecular weight excluding hydrogens is 315 g/mol. The SMILES string of the molecule is CC(C)(C)Nc1nc(-c2ccc(F)cc2Br)cs1. The number of nitrogens with zero attached hydrogens (tertiary/aromatic N) is 1. The molecule has 2 nitrogen and oxygen atoms in total. The van der Waals surface area contributed by atoms with Crippen molar-refractivity contribution in [1.29, 1.82) is 0 Å². The van der Waals surface area contributed by atoms with Crippen LogP contribution in [0.1, 0.15) is 20.8 Å². The van der Waals surface area contributed by atoms with Gasteiger partial charge in [-0.15, -0.1) is 11.3 Å². The molecule has 96 valence electrons. The van der Waals surface area contributed by atoms with Crippen LogP contribution in [-0.2, 0) is 0 Å². The summed E-state index contributed by atoms with van der Waals surface area (Å²) in [5.74, 6) is -0.256. The molecule has 0 aliphatic carbocycles. The standard InChI is InChI=1S/C13H14BrFN2S/c1-13(2,3)17-12-16-11(7-18-12)9-5-4-8(15)6-10(9)14/h4-7H,1-3H3,(H,16,17). The van der Waals surface area contributed by atoms with Gasteiger partial charge in [-0.2, -0.15) is 0 Å². The van der Waals surface area contributed by atoms with E-state index in [1.165, 1.54) is 12.1 Å². The molecule has 0 aliphatic heterocycles. The van der Waals surface area contributed by atoms with Gasteiger partial charge in [0.15, 0.2) is 5.13 Å². The predicted octanol–water partition coefficient (Wildman–Crippen LogP) is 4.92. The second-order valence-corrected chi connectivity index (χ2v) is 6.75. The van der Waals surface area contributed by atoms with Crippen molar-refractivity contribution in [2.75, 3.05) is 5.32 Å². The van der Waals surface area contributed by atoms with Crippen molar-refractivity contribution in [3.05, 3.63) is 33.9 Å². The molecule has 0 atom stereocenters. The van der Waals surface area contributed by atoms with Gasteiger partial charge in [0, 0.05) is 21.0 Å². The zero-order valence-corrected chi connectivity index (χ0v) is 12.8. The molecule has 0 radical (unpaired) electrons. The number of thiazole rings is 1. The summed E-state index contributed by atoms with van der Waals surface area (Å²) in [6.07, 6.45) is 0. The normalized spacial score (nSPS) is 11.6. The van der Waals surface area contributed by atoms with Gasteiger partial charge in [0.05, 0.1) is 5.69 Å². The third-order valence-corrected chi connectivity index (χ3v) is 3.61. The number of aromatic nitrogens is 1. The number of hydrogen-bond acceptors (Lipinski definition) is 3. The van der Waals surface area contributed by atoms with Gasteiger partial charge in [0.1, 0.15) is 5.82 Å². The van der Waals surface area contributed by atoms with E-state index in [9.17, 15) is 4.39 Å². The fourth-order valence-electron chi connectivity index (χ4n) is 1.47. The Balaban J connectivity index is 2.29. The highest BCUT2D eigenvalue weighted by Gasteiger charge is 2.13. The molecule has 1 aromatic heterocycles. The largest absolute Gasteiger partial charge is 0.357 e. The second kappa shape index (κ2) is 4.97. The zero-order chi connectivity index (χ0) is 13.3. The summed E-state index contributed by atoms with van der Waals surface area (Å²) in [4.78, 5) is 4.51. The Bertz CT molecular complexity index is 560.